The predicted octanol–water partition coefficient (Wildman–Crippen LogP) is 5.80. The number of nitrogens with zero attached hydrogens (tertiary/aromatic N) is 1. The minimum Gasteiger partial charge on any atom is -0.469 e. The van der Waals surface area contributed by atoms with Crippen molar-refractivity contribution in [1.29, 1.82) is 0 Å². The minimum atomic E-state index is -0.146. The number of hydrogen-bond acceptors (Lipinski definition) is 4. The third kappa shape index (κ3) is 4.55. The number of para-hydroxylation sites is 1. The van der Waals surface area contributed by atoms with Crippen molar-refractivity contribution in [3.63, 3.8) is 0 Å². The van der Waals surface area contributed by atoms with Gasteiger partial charge in [-0.05, 0) is 61.9 Å². The molecule has 1 N–H and O–H groups in total. The highest BCUT2D eigenvalue weighted by Crippen LogP contribution is 2.30. The average Bonchev–Trinajstić information content (AvgIpc) is 3.45. The van der Waals surface area contributed by atoms with Crippen molar-refractivity contribution < 1.29 is 18.7 Å². The summed E-state index contributed by atoms with van der Waals surface area (Å²) in [4.78, 5) is 25.0. The highest BCUT2D eigenvalue weighted by Gasteiger charge is 2.27. The lowest BCUT2D eigenvalue weighted by Gasteiger charge is -2.27. The number of rotatable bonds is 6. The Hall–Kier alpha value is -3.25. The quantitative estimate of drug-likeness (QED) is 0.355. The molecule has 0 radical (unpaired) electrons. The molecule has 0 bridgehead atoms. The summed E-state index contributed by atoms with van der Waals surface area (Å²) in [5, 5.41) is 5.59. The van der Waals surface area contributed by atoms with Gasteiger partial charge >= 0.3 is 5.97 Å². The molecule has 0 saturated heterocycles. The Morgan fingerprint density at radius 3 is 2.65 bits per heavy atom. The summed E-state index contributed by atoms with van der Waals surface area (Å²) in [6.45, 7) is 1.09. The molecule has 1 amide bonds. The number of amides is 1. The van der Waals surface area contributed by atoms with Crippen molar-refractivity contribution in [2.45, 2.75) is 32.2 Å². The molecule has 0 spiro atoms. The molecule has 5 rings (SSSR count). The fourth-order valence-corrected chi connectivity index (χ4v) is 5.23. The zero-order chi connectivity index (χ0) is 23.7. The lowest BCUT2D eigenvalue weighted by atomic mass is 9.82. The summed E-state index contributed by atoms with van der Waals surface area (Å²) >= 11 is 6.35. The Labute approximate surface area is 202 Å². The van der Waals surface area contributed by atoms with Gasteiger partial charge in [0.05, 0.1) is 30.7 Å². The Kier molecular flexibility index (Phi) is 6.33. The van der Waals surface area contributed by atoms with E-state index in [4.69, 9.17) is 20.8 Å². The second-order valence-corrected chi connectivity index (χ2v) is 9.47. The van der Waals surface area contributed by atoms with E-state index in [0.29, 0.717) is 29.6 Å². The second kappa shape index (κ2) is 9.55. The van der Waals surface area contributed by atoms with Crippen LogP contribution in [0, 0.1) is 11.8 Å². The number of halogens is 1. The van der Waals surface area contributed by atoms with E-state index in [9.17, 15) is 9.59 Å². The molecule has 176 valence electrons. The normalized spacial score (nSPS) is 18.3. The molecule has 0 aliphatic heterocycles. The van der Waals surface area contributed by atoms with Crippen LogP contribution in [0.4, 0.5) is 0 Å². The van der Waals surface area contributed by atoms with Crippen LogP contribution in [0.2, 0.25) is 5.02 Å². The van der Waals surface area contributed by atoms with E-state index in [-0.39, 0.29) is 17.8 Å². The Balaban J connectivity index is 1.33. The highest BCUT2D eigenvalue weighted by atomic mass is 35.5. The number of methoxy groups -OCH3 is 1. The van der Waals surface area contributed by atoms with Crippen LogP contribution in [0.5, 0.6) is 0 Å². The Morgan fingerprint density at radius 2 is 1.88 bits per heavy atom. The van der Waals surface area contributed by atoms with Crippen molar-refractivity contribution in [2.75, 3.05) is 13.7 Å². The van der Waals surface area contributed by atoms with Crippen LogP contribution in [0.3, 0.4) is 0 Å². The standard InChI is InChI=1S/C27H27ClN2O4/c1-33-27(32)18-8-6-17(7-9-18)15-29-26(31)23-14-21(28)12-20-10-11-30(25(20)23)16-22-13-19-4-2-3-5-24(19)34-22/h2-5,10-14,17-18H,6-9,15-16H2,1H3,(H,29,31). The summed E-state index contributed by atoms with van der Waals surface area (Å²) in [7, 11) is 1.43. The number of nitrogens with one attached hydrogen (secondary N) is 1. The van der Waals surface area contributed by atoms with Crippen molar-refractivity contribution in [3.8, 4) is 0 Å². The van der Waals surface area contributed by atoms with Crippen molar-refractivity contribution in [2.24, 2.45) is 11.8 Å². The van der Waals surface area contributed by atoms with Crippen molar-refractivity contribution in [3.05, 3.63) is 71.1 Å². The zero-order valence-corrected chi connectivity index (χ0v) is 19.8. The SMILES string of the molecule is COC(=O)C1CCC(CNC(=O)c2cc(Cl)cc3ccn(Cc4cc5ccccc5o4)c23)CC1. The zero-order valence-electron chi connectivity index (χ0n) is 19.1. The van der Waals surface area contributed by atoms with Crippen LogP contribution in [0.25, 0.3) is 21.9 Å². The summed E-state index contributed by atoms with van der Waals surface area (Å²) in [5.74, 6) is 0.872. The molecule has 1 fully saturated rings. The minimum absolute atomic E-state index is 0.0222. The maximum atomic E-state index is 13.2. The van der Waals surface area contributed by atoms with Crippen LogP contribution in [0.1, 0.15) is 41.8 Å². The van der Waals surface area contributed by atoms with Gasteiger partial charge in [0.15, 0.2) is 0 Å². The predicted molar refractivity (Wildman–Crippen MR) is 132 cm³/mol. The van der Waals surface area contributed by atoms with Crippen LogP contribution in [-0.4, -0.2) is 30.1 Å². The fourth-order valence-electron chi connectivity index (χ4n) is 5.00. The van der Waals surface area contributed by atoms with Crippen LogP contribution < -0.4 is 5.32 Å². The monoisotopic (exact) mass is 478 g/mol. The molecule has 4 aromatic rings. The number of ether oxygens (including phenoxy) is 1. The molecule has 0 unspecified atom stereocenters. The molecule has 34 heavy (non-hydrogen) atoms. The van der Waals surface area contributed by atoms with E-state index in [1.165, 1.54) is 7.11 Å². The van der Waals surface area contributed by atoms with Gasteiger partial charge in [-0.25, -0.2) is 0 Å². The number of benzene rings is 2. The molecule has 2 heterocycles. The third-order valence-corrected chi connectivity index (χ3v) is 7.02. The topological polar surface area (TPSA) is 73.5 Å². The summed E-state index contributed by atoms with van der Waals surface area (Å²) in [6.07, 6.45) is 5.35. The second-order valence-electron chi connectivity index (χ2n) is 9.04. The molecule has 7 heteroatoms. The molecule has 1 saturated carbocycles. The van der Waals surface area contributed by atoms with Crippen molar-refractivity contribution >= 4 is 45.3 Å². The van der Waals surface area contributed by atoms with E-state index in [1.807, 2.05) is 53.2 Å². The number of esters is 1. The smallest absolute Gasteiger partial charge is 0.308 e. The maximum Gasteiger partial charge on any atom is 0.308 e. The number of fused-ring (bicyclic) bond motifs is 2. The largest absolute Gasteiger partial charge is 0.469 e. The van der Waals surface area contributed by atoms with Gasteiger partial charge in [-0.1, -0.05) is 29.8 Å². The first-order chi connectivity index (χ1) is 16.5. The molecule has 0 atom stereocenters. The number of furan rings is 1. The van der Waals surface area contributed by atoms with Gasteiger partial charge in [0, 0.05) is 28.5 Å². The van der Waals surface area contributed by atoms with Gasteiger partial charge in [-0.15, -0.1) is 0 Å². The first-order valence-corrected chi connectivity index (χ1v) is 12.0. The van der Waals surface area contributed by atoms with E-state index < -0.39 is 0 Å². The van der Waals surface area contributed by atoms with Crippen molar-refractivity contribution in [1.82, 2.24) is 9.88 Å². The lowest BCUT2D eigenvalue weighted by Crippen LogP contribution is -2.33. The van der Waals surface area contributed by atoms with Gasteiger partial charge in [0.2, 0.25) is 0 Å². The molecule has 6 nitrogen and oxygen atoms in total. The van der Waals surface area contributed by atoms with E-state index in [1.54, 1.807) is 6.07 Å². The Bertz CT molecular complexity index is 1310. The number of hydrogen-bond donors (Lipinski definition) is 1. The van der Waals surface area contributed by atoms with Gasteiger partial charge < -0.3 is 19.0 Å². The summed E-state index contributed by atoms with van der Waals surface area (Å²) < 4.78 is 12.9. The van der Waals surface area contributed by atoms with Crippen LogP contribution >= 0.6 is 11.6 Å². The molecule has 2 aromatic carbocycles. The molecular weight excluding hydrogens is 452 g/mol. The summed E-state index contributed by atoms with van der Waals surface area (Å²) in [6, 6.07) is 15.5. The van der Waals surface area contributed by atoms with Gasteiger partial charge in [-0.2, -0.15) is 0 Å². The van der Waals surface area contributed by atoms with E-state index in [2.05, 4.69) is 5.32 Å². The maximum absolute atomic E-state index is 13.2. The highest BCUT2D eigenvalue weighted by molar-refractivity contribution is 6.32. The number of carbonyl (C=O) groups excluding carboxylic acids is 2. The molecule has 1 aliphatic rings. The van der Waals surface area contributed by atoms with E-state index in [0.717, 1.165) is 53.3 Å². The summed E-state index contributed by atoms with van der Waals surface area (Å²) in [5.41, 5.74) is 2.22. The fraction of sp³-hybridized carbons (Fsp3) is 0.333. The number of carbonyl (C=O) groups is 2. The van der Waals surface area contributed by atoms with Gasteiger partial charge in [0.1, 0.15) is 11.3 Å². The van der Waals surface area contributed by atoms with Gasteiger partial charge in [0.25, 0.3) is 5.91 Å². The average molecular weight is 479 g/mol. The van der Waals surface area contributed by atoms with Crippen LogP contribution in [-0.2, 0) is 16.1 Å². The van der Waals surface area contributed by atoms with Crippen LogP contribution in [0.15, 0.2) is 59.1 Å². The van der Waals surface area contributed by atoms with E-state index >= 15 is 0 Å². The first kappa shape index (κ1) is 22.5. The number of aromatic nitrogens is 1. The first-order valence-electron chi connectivity index (χ1n) is 11.6. The lowest BCUT2D eigenvalue weighted by molar-refractivity contribution is -0.146. The molecule has 2 aromatic heterocycles. The molecular formula is C27H27ClN2O4. The Morgan fingerprint density at radius 1 is 1.09 bits per heavy atom. The van der Waals surface area contributed by atoms with Gasteiger partial charge in [-0.3, -0.25) is 9.59 Å². The molecule has 1 aliphatic carbocycles. The third-order valence-electron chi connectivity index (χ3n) is 6.81.